The summed E-state index contributed by atoms with van der Waals surface area (Å²) < 4.78 is 0. The Kier molecular flexibility index (Phi) is 5.30. The average molecular weight is 378 g/mol. The highest BCUT2D eigenvalue weighted by atomic mass is 35.5. The first-order valence-electron chi connectivity index (χ1n) is 7.90. The number of benzene rings is 2. The molecule has 1 atom stereocenters. The number of fused-ring (bicyclic) bond motifs is 1. The standard InChI is InChI=1S/C19H17Cl2NO3/c20-9-13-6-5-12(7-14(13)10-21)8-16-15-3-1-2-4-17(15)22(19(16)25)11-18(23)24/h1-7,16H,8-11H2,(H,23,24). The molecule has 1 N–H and O–H groups in total. The molecule has 0 bridgehead atoms. The number of carbonyl (C=O) groups is 2. The Morgan fingerprint density at radius 2 is 1.80 bits per heavy atom. The summed E-state index contributed by atoms with van der Waals surface area (Å²) in [6.07, 6.45) is 0.498. The number of aliphatic carboxylic acids is 1. The van der Waals surface area contributed by atoms with E-state index in [0.29, 0.717) is 23.9 Å². The second-order valence-electron chi connectivity index (χ2n) is 6.00. The molecule has 1 heterocycles. The molecule has 0 aromatic heterocycles. The lowest BCUT2D eigenvalue weighted by atomic mass is 9.92. The van der Waals surface area contributed by atoms with Crippen molar-refractivity contribution in [2.24, 2.45) is 0 Å². The zero-order chi connectivity index (χ0) is 18.0. The Labute approximate surface area is 156 Å². The smallest absolute Gasteiger partial charge is 0.323 e. The summed E-state index contributed by atoms with van der Waals surface area (Å²) in [6, 6.07) is 13.2. The highest BCUT2D eigenvalue weighted by molar-refractivity contribution is 6.18. The normalized spacial score (nSPS) is 16.2. The summed E-state index contributed by atoms with van der Waals surface area (Å²) in [7, 11) is 0. The van der Waals surface area contributed by atoms with Gasteiger partial charge in [0.25, 0.3) is 0 Å². The van der Waals surface area contributed by atoms with Crippen molar-refractivity contribution in [1.29, 1.82) is 0 Å². The number of halogens is 2. The Bertz CT molecular complexity index is 822. The Hall–Kier alpha value is -2.04. The maximum absolute atomic E-state index is 12.8. The van der Waals surface area contributed by atoms with Crippen molar-refractivity contribution >= 4 is 40.8 Å². The summed E-state index contributed by atoms with van der Waals surface area (Å²) in [6.45, 7) is -0.329. The molecule has 1 amide bonds. The lowest BCUT2D eigenvalue weighted by Crippen LogP contribution is -2.34. The van der Waals surface area contributed by atoms with Crippen molar-refractivity contribution in [3.8, 4) is 0 Å². The van der Waals surface area contributed by atoms with Gasteiger partial charge in [0.15, 0.2) is 0 Å². The minimum Gasteiger partial charge on any atom is -0.480 e. The van der Waals surface area contributed by atoms with Gasteiger partial charge in [0.2, 0.25) is 5.91 Å². The van der Waals surface area contributed by atoms with Crippen LogP contribution in [0.3, 0.4) is 0 Å². The molecule has 0 radical (unpaired) electrons. The molecule has 1 aliphatic rings. The molecule has 0 aliphatic carbocycles. The molecule has 2 aromatic rings. The number of rotatable bonds is 6. The number of hydrogen-bond donors (Lipinski definition) is 1. The minimum absolute atomic E-state index is 0.183. The monoisotopic (exact) mass is 377 g/mol. The third-order valence-electron chi connectivity index (χ3n) is 4.46. The molecule has 3 rings (SSSR count). The topological polar surface area (TPSA) is 57.6 Å². The van der Waals surface area contributed by atoms with E-state index < -0.39 is 5.97 Å². The fourth-order valence-corrected chi connectivity index (χ4v) is 3.77. The Morgan fingerprint density at radius 1 is 1.08 bits per heavy atom. The predicted octanol–water partition coefficient (Wildman–Crippen LogP) is 3.92. The molecule has 0 fully saturated rings. The van der Waals surface area contributed by atoms with Crippen LogP contribution < -0.4 is 4.90 Å². The van der Waals surface area contributed by atoms with Crippen LogP contribution in [0.5, 0.6) is 0 Å². The van der Waals surface area contributed by atoms with E-state index in [-0.39, 0.29) is 18.4 Å². The zero-order valence-corrected chi connectivity index (χ0v) is 14.9. The van der Waals surface area contributed by atoms with Crippen molar-refractivity contribution in [3.63, 3.8) is 0 Å². The van der Waals surface area contributed by atoms with Crippen LogP contribution in [0, 0.1) is 0 Å². The minimum atomic E-state index is -1.03. The number of nitrogens with zero attached hydrogens (tertiary/aromatic N) is 1. The van der Waals surface area contributed by atoms with Crippen LogP contribution in [0.2, 0.25) is 0 Å². The van der Waals surface area contributed by atoms with Gasteiger partial charge in [-0.1, -0.05) is 36.4 Å². The molecule has 1 aliphatic heterocycles. The van der Waals surface area contributed by atoms with E-state index in [1.165, 1.54) is 4.90 Å². The highest BCUT2D eigenvalue weighted by Crippen LogP contribution is 2.39. The predicted molar refractivity (Wildman–Crippen MR) is 98.4 cm³/mol. The molecule has 4 nitrogen and oxygen atoms in total. The molecular weight excluding hydrogens is 361 g/mol. The fourth-order valence-electron chi connectivity index (χ4n) is 3.26. The summed E-state index contributed by atoms with van der Waals surface area (Å²) in [5.41, 5.74) is 4.45. The van der Waals surface area contributed by atoms with Crippen molar-refractivity contribution in [3.05, 3.63) is 64.7 Å². The molecule has 6 heteroatoms. The van der Waals surface area contributed by atoms with Crippen LogP contribution in [0.15, 0.2) is 42.5 Å². The van der Waals surface area contributed by atoms with Crippen LogP contribution in [-0.2, 0) is 27.8 Å². The second-order valence-corrected chi connectivity index (χ2v) is 6.54. The zero-order valence-electron chi connectivity index (χ0n) is 13.4. The van der Waals surface area contributed by atoms with Gasteiger partial charge in [0.1, 0.15) is 6.54 Å². The van der Waals surface area contributed by atoms with Gasteiger partial charge in [-0.25, -0.2) is 0 Å². The van der Waals surface area contributed by atoms with Crippen molar-refractivity contribution in [1.82, 2.24) is 0 Å². The van der Waals surface area contributed by atoms with Crippen LogP contribution in [0.25, 0.3) is 0 Å². The number of carbonyl (C=O) groups excluding carboxylic acids is 1. The van der Waals surface area contributed by atoms with E-state index in [9.17, 15) is 9.59 Å². The molecule has 25 heavy (non-hydrogen) atoms. The molecule has 2 aromatic carbocycles. The van der Waals surface area contributed by atoms with Crippen LogP contribution in [0.4, 0.5) is 5.69 Å². The summed E-state index contributed by atoms with van der Waals surface area (Å²) >= 11 is 11.9. The van der Waals surface area contributed by atoms with Crippen molar-refractivity contribution in [2.75, 3.05) is 11.4 Å². The Balaban J connectivity index is 1.92. The van der Waals surface area contributed by atoms with Gasteiger partial charge < -0.3 is 10.0 Å². The van der Waals surface area contributed by atoms with Crippen molar-refractivity contribution in [2.45, 2.75) is 24.1 Å². The number of anilines is 1. The van der Waals surface area contributed by atoms with E-state index >= 15 is 0 Å². The lowest BCUT2D eigenvalue weighted by molar-refractivity contribution is -0.136. The van der Waals surface area contributed by atoms with Gasteiger partial charge in [0.05, 0.1) is 5.92 Å². The lowest BCUT2D eigenvalue weighted by Gasteiger charge is -2.15. The van der Waals surface area contributed by atoms with E-state index in [0.717, 1.165) is 22.3 Å². The van der Waals surface area contributed by atoms with E-state index in [1.807, 2.05) is 36.4 Å². The molecular formula is C19H17Cl2NO3. The van der Waals surface area contributed by atoms with Crippen LogP contribution in [-0.4, -0.2) is 23.5 Å². The maximum atomic E-state index is 12.8. The van der Waals surface area contributed by atoms with Gasteiger partial charge in [-0.3, -0.25) is 9.59 Å². The number of carboxylic acid groups (broad SMARTS) is 1. The maximum Gasteiger partial charge on any atom is 0.323 e. The largest absolute Gasteiger partial charge is 0.480 e. The first kappa shape index (κ1) is 17.8. The van der Waals surface area contributed by atoms with Gasteiger partial charge in [-0.15, -0.1) is 23.2 Å². The number of amides is 1. The van der Waals surface area contributed by atoms with Crippen molar-refractivity contribution < 1.29 is 14.7 Å². The van der Waals surface area contributed by atoms with Gasteiger partial charge >= 0.3 is 5.97 Å². The molecule has 130 valence electrons. The van der Waals surface area contributed by atoms with Crippen LogP contribution >= 0.6 is 23.2 Å². The number of alkyl halides is 2. The second kappa shape index (κ2) is 7.46. The fraction of sp³-hybridized carbons (Fsp3) is 0.263. The number of para-hydroxylation sites is 1. The summed E-state index contributed by atoms with van der Waals surface area (Å²) in [4.78, 5) is 25.2. The molecule has 0 saturated heterocycles. The molecule has 0 saturated carbocycles. The SMILES string of the molecule is O=C(O)CN1C(=O)C(Cc2ccc(CCl)c(CCl)c2)c2ccccc21. The number of carboxylic acids is 1. The number of hydrogen-bond acceptors (Lipinski definition) is 2. The van der Waals surface area contributed by atoms with E-state index in [4.69, 9.17) is 28.3 Å². The Morgan fingerprint density at radius 3 is 2.48 bits per heavy atom. The van der Waals surface area contributed by atoms with Gasteiger partial charge in [0, 0.05) is 17.4 Å². The average Bonchev–Trinajstić information content (AvgIpc) is 2.87. The first-order chi connectivity index (χ1) is 12.0. The van der Waals surface area contributed by atoms with Crippen LogP contribution in [0.1, 0.15) is 28.2 Å². The third-order valence-corrected chi connectivity index (χ3v) is 5.03. The van der Waals surface area contributed by atoms with E-state index in [2.05, 4.69) is 0 Å². The summed E-state index contributed by atoms with van der Waals surface area (Å²) in [5.74, 6) is -0.853. The first-order valence-corrected chi connectivity index (χ1v) is 8.96. The summed E-state index contributed by atoms with van der Waals surface area (Å²) in [5, 5.41) is 9.10. The quantitative estimate of drug-likeness (QED) is 0.776. The van der Waals surface area contributed by atoms with Gasteiger partial charge in [-0.05, 0) is 34.7 Å². The molecule has 0 spiro atoms. The van der Waals surface area contributed by atoms with Gasteiger partial charge in [-0.2, -0.15) is 0 Å². The third kappa shape index (κ3) is 3.51. The molecule has 1 unspecified atom stereocenters. The highest BCUT2D eigenvalue weighted by Gasteiger charge is 2.37. The van der Waals surface area contributed by atoms with E-state index in [1.54, 1.807) is 6.07 Å².